The van der Waals surface area contributed by atoms with Crippen LogP contribution in [0.4, 0.5) is 4.39 Å². The van der Waals surface area contributed by atoms with E-state index < -0.39 is 5.91 Å². The minimum absolute atomic E-state index is 0.0336. The van der Waals surface area contributed by atoms with E-state index >= 15 is 0 Å². The number of aromatic nitrogens is 2. The van der Waals surface area contributed by atoms with Gasteiger partial charge in [0, 0.05) is 23.4 Å². The van der Waals surface area contributed by atoms with Crippen molar-refractivity contribution in [2.75, 3.05) is 0 Å². The van der Waals surface area contributed by atoms with E-state index in [4.69, 9.17) is 0 Å². The Hall–Kier alpha value is -4.46. The molecule has 4 rings (SSSR count). The fraction of sp³-hybridized carbons (Fsp3) is 0. The SMILES string of the molecule is O=C(N/N=C\c1cn(-c2ccccc2)nc1-c1ccc(F)cc1)c1ccc(O)cc1O. The highest BCUT2D eigenvalue weighted by Crippen LogP contribution is 2.24. The van der Waals surface area contributed by atoms with Gasteiger partial charge in [-0.25, -0.2) is 14.5 Å². The number of carbonyl (C=O) groups is 1. The van der Waals surface area contributed by atoms with Crippen LogP contribution in [0.2, 0.25) is 0 Å². The minimum atomic E-state index is -0.646. The number of amides is 1. The predicted molar refractivity (Wildman–Crippen MR) is 114 cm³/mol. The molecule has 8 heteroatoms. The first kappa shape index (κ1) is 19.8. The van der Waals surface area contributed by atoms with E-state index in [-0.39, 0.29) is 22.9 Å². The summed E-state index contributed by atoms with van der Waals surface area (Å²) >= 11 is 0. The smallest absolute Gasteiger partial charge is 0.275 e. The molecule has 7 nitrogen and oxygen atoms in total. The standard InChI is InChI=1S/C23H17FN4O3/c24-17-8-6-15(7-9-17)22-16(14-28(27-22)18-4-2-1-3-5-18)13-25-26-23(31)20-11-10-19(29)12-21(20)30/h1-14,29-30H,(H,26,31)/b25-13-. The van der Waals surface area contributed by atoms with Crippen LogP contribution in [0.25, 0.3) is 16.9 Å². The molecule has 0 aliphatic rings. The summed E-state index contributed by atoms with van der Waals surface area (Å²) < 4.78 is 15.0. The Bertz CT molecular complexity index is 1250. The van der Waals surface area contributed by atoms with Gasteiger partial charge < -0.3 is 10.2 Å². The molecular formula is C23H17FN4O3. The van der Waals surface area contributed by atoms with E-state index in [2.05, 4.69) is 15.6 Å². The molecule has 0 spiro atoms. The molecule has 0 aliphatic heterocycles. The van der Waals surface area contributed by atoms with Gasteiger partial charge in [-0.2, -0.15) is 10.2 Å². The van der Waals surface area contributed by atoms with E-state index in [1.165, 1.54) is 30.5 Å². The second-order valence-electron chi connectivity index (χ2n) is 6.62. The Labute approximate surface area is 176 Å². The maximum Gasteiger partial charge on any atom is 0.275 e. The molecule has 0 saturated carbocycles. The van der Waals surface area contributed by atoms with Crippen molar-refractivity contribution >= 4 is 12.1 Å². The summed E-state index contributed by atoms with van der Waals surface area (Å²) in [5.41, 5.74) is 4.95. The number of phenols is 2. The minimum Gasteiger partial charge on any atom is -0.508 e. The maximum atomic E-state index is 13.3. The van der Waals surface area contributed by atoms with Crippen LogP contribution in [0.3, 0.4) is 0 Å². The average molecular weight is 416 g/mol. The van der Waals surface area contributed by atoms with Gasteiger partial charge in [-0.15, -0.1) is 0 Å². The number of nitrogens with zero attached hydrogens (tertiary/aromatic N) is 3. The molecule has 0 aliphatic carbocycles. The number of rotatable bonds is 5. The van der Waals surface area contributed by atoms with Crippen molar-refractivity contribution in [3.8, 4) is 28.4 Å². The van der Waals surface area contributed by atoms with E-state index in [0.29, 0.717) is 16.8 Å². The highest BCUT2D eigenvalue weighted by Gasteiger charge is 2.13. The van der Waals surface area contributed by atoms with Gasteiger partial charge in [0.2, 0.25) is 0 Å². The summed E-state index contributed by atoms with van der Waals surface area (Å²) in [6, 6.07) is 19.0. The van der Waals surface area contributed by atoms with E-state index in [0.717, 1.165) is 11.8 Å². The van der Waals surface area contributed by atoms with Gasteiger partial charge in [0.15, 0.2) is 0 Å². The number of hydrazone groups is 1. The second kappa shape index (κ2) is 8.50. The summed E-state index contributed by atoms with van der Waals surface area (Å²) in [6.45, 7) is 0. The molecule has 31 heavy (non-hydrogen) atoms. The number of halogens is 1. The Kier molecular flexibility index (Phi) is 5.44. The first-order valence-corrected chi connectivity index (χ1v) is 9.27. The number of aromatic hydroxyl groups is 2. The number of benzene rings is 3. The zero-order valence-electron chi connectivity index (χ0n) is 16.1. The third-order valence-electron chi connectivity index (χ3n) is 4.48. The Morgan fingerprint density at radius 2 is 1.77 bits per heavy atom. The van der Waals surface area contributed by atoms with Crippen LogP contribution < -0.4 is 5.43 Å². The molecule has 0 atom stereocenters. The summed E-state index contributed by atoms with van der Waals surface area (Å²) in [7, 11) is 0. The van der Waals surface area contributed by atoms with Gasteiger partial charge in [0.1, 0.15) is 23.0 Å². The van der Waals surface area contributed by atoms with Crippen molar-refractivity contribution in [1.82, 2.24) is 15.2 Å². The number of hydrogen-bond acceptors (Lipinski definition) is 5. The van der Waals surface area contributed by atoms with Crippen molar-refractivity contribution in [2.24, 2.45) is 5.10 Å². The summed E-state index contributed by atoms with van der Waals surface area (Å²) in [5, 5.41) is 27.7. The van der Waals surface area contributed by atoms with Crippen molar-refractivity contribution in [3.63, 3.8) is 0 Å². The van der Waals surface area contributed by atoms with Gasteiger partial charge in [-0.3, -0.25) is 4.79 Å². The molecular weight excluding hydrogens is 399 g/mol. The van der Waals surface area contributed by atoms with Crippen LogP contribution in [0, 0.1) is 5.82 Å². The predicted octanol–water partition coefficient (Wildman–Crippen LogP) is 3.85. The van der Waals surface area contributed by atoms with Crippen LogP contribution in [-0.4, -0.2) is 32.1 Å². The van der Waals surface area contributed by atoms with Gasteiger partial charge in [-0.1, -0.05) is 18.2 Å². The normalized spacial score (nSPS) is 11.0. The van der Waals surface area contributed by atoms with E-state index in [1.54, 1.807) is 23.0 Å². The molecule has 0 bridgehead atoms. The van der Waals surface area contributed by atoms with E-state index in [9.17, 15) is 19.4 Å². The number of nitrogens with one attached hydrogen (secondary N) is 1. The van der Waals surface area contributed by atoms with Gasteiger partial charge >= 0.3 is 0 Å². The van der Waals surface area contributed by atoms with Crippen LogP contribution in [-0.2, 0) is 0 Å². The topological polar surface area (TPSA) is 99.7 Å². The lowest BCUT2D eigenvalue weighted by Gasteiger charge is -2.03. The number of phenolic OH excluding ortho intramolecular Hbond substituents is 2. The Morgan fingerprint density at radius 1 is 1.03 bits per heavy atom. The van der Waals surface area contributed by atoms with Gasteiger partial charge in [-0.05, 0) is 48.5 Å². The molecule has 1 amide bonds. The molecule has 1 aromatic heterocycles. The van der Waals surface area contributed by atoms with Crippen molar-refractivity contribution in [3.05, 3.63) is 95.9 Å². The lowest BCUT2D eigenvalue weighted by Crippen LogP contribution is -2.17. The molecule has 0 saturated heterocycles. The summed E-state index contributed by atoms with van der Waals surface area (Å²) in [5.74, 6) is -1.53. The molecule has 0 radical (unpaired) electrons. The van der Waals surface area contributed by atoms with Crippen LogP contribution in [0.5, 0.6) is 11.5 Å². The lowest BCUT2D eigenvalue weighted by molar-refractivity contribution is 0.0952. The van der Waals surface area contributed by atoms with Crippen LogP contribution in [0.1, 0.15) is 15.9 Å². The Morgan fingerprint density at radius 3 is 2.48 bits per heavy atom. The zero-order chi connectivity index (χ0) is 21.8. The number of hydrogen-bond donors (Lipinski definition) is 3. The summed E-state index contributed by atoms with van der Waals surface area (Å²) in [6.07, 6.45) is 3.15. The molecule has 0 fully saturated rings. The first-order chi connectivity index (χ1) is 15.0. The van der Waals surface area contributed by atoms with Gasteiger partial charge in [0.25, 0.3) is 5.91 Å². The molecule has 1 heterocycles. The lowest BCUT2D eigenvalue weighted by atomic mass is 10.1. The van der Waals surface area contributed by atoms with Crippen LogP contribution >= 0.6 is 0 Å². The number of carbonyl (C=O) groups excluding carboxylic acids is 1. The largest absolute Gasteiger partial charge is 0.508 e. The highest BCUT2D eigenvalue weighted by atomic mass is 19.1. The van der Waals surface area contributed by atoms with Crippen molar-refractivity contribution in [1.29, 1.82) is 0 Å². The first-order valence-electron chi connectivity index (χ1n) is 9.27. The fourth-order valence-electron chi connectivity index (χ4n) is 2.96. The molecule has 154 valence electrons. The Balaban J connectivity index is 1.63. The fourth-order valence-corrected chi connectivity index (χ4v) is 2.96. The van der Waals surface area contributed by atoms with Gasteiger partial charge in [0.05, 0.1) is 17.5 Å². The van der Waals surface area contributed by atoms with Crippen molar-refractivity contribution < 1.29 is 19.4 Å². The molecule has 3 N–H and O–H groups in total. The third kappa shape index (κ3) is 4.43. The second-order valence-corrected chi connectivity index (χ2v) is 6.62. The van der Waals surface area contributed by atoms with Crippen molar-refractivity contribution in [2.45, 2.75) is 0 Å². The maximum absolute atomic E-state index is 13.3. The third-order valence-corrected chi connectivity index (χ3v) is 4.48. The average Bonchev–Trinajstić information content (AvgIpc) is 3.19. The van der Waals surface area contributed by atoms with Crippen LogP contribution in [0.15, 0.2) is 84.1 Å². The summed E-state index contributed by atoms with van der Waals surface area (Å²) in [4.78, 5) is 12.3. The molecule has 3 aromatic carbocycles. The quantitative estimate of drug-likeness (QED) is 0.340. The molecule has 0 unspecified atom stereocenters. The zero-order valence-corrected chi connectivity index (χ0v) is 16.1. The van der Waals surface area contributed by atoms with E-state index in [1.807, 2.05) is 30.3 Å². The monoisotopic (exact) mass is 416 g/mol. The highest BCUT2D eigenvalue weighted by molar-refractivity contribution is 5.98. The number of para-hydroxylation sites is 1. The molecule has 4 aromatic rings.